The number of aromatic nitrogens is 1. The molecule has 2 rings (SSSR count). The normalized spacial score (nSPS) is 12.9. The first-order chi connectivity index (χ1) is 10.4. The Hall–Kier alpha value is -2.01. The van der Waals surface area contributed by atoms with E-state index in [1.807, 2.05) is 34.0 Å². The van der Waals surface area contributed by atoms with Crippen LogP contribution < -0.4 is 10.6 Å². The van der Waals surface area contributed by atoms with Crippen LogP contribution in [0.1, 0.15) is 25.5 Å². The maximum atomic E-state index is 11.8. The van der Waals surface area contributed by atoms with Crippen LogP contribution in [0.2, 0.25) is 0 Å². The Morgan fingerprint density at radius 2 is 1.95 bits per heavy atom. The summed E-state index contributed by atoms with van der Waals surface area (Å²) >= 11 is 0. The quantitative estimate of drug-likeness (QED) is 0.891. The summed E-state index contributed by atoms with van der Waals surface area (Å²) in [6.07, 6.45) is 2.15. The van der Waals surface area contributed by atoms with Gasteiger partial charge in [0, 0.05) is 36.7 Å². The average molecular weight is 302 g/mol. The van der Waals surface area contributed by atoms with E-state index in [4.69, 9.17) is 0 Å². The molecule has 2 aromatic rings. The molecule has 1 unspecified atom stereocenters. The van der Waals surface area contributed by atoms with E-state index in [1.165, 1.54) is 16.5 Å². The van der Waals surface area contributed by atoms with Crippen LogP contribution in [0.5, 0.6) is 0 Å². The van der Waals surface area contributed by atoms with Gasteiger partial charge in [0.2, 0.25) is 0 Å². The van der Waals surface area contributed by atoms with E-state index < -0.39 is 0 Å². The molecule has 0 aliphatic rings. The third-order valence-corrected chi connectivity index (χ3v) is 3.79. The van der Waals surface area contributed by atoms with Crippen LogP contribution in [0.4, 0.5) is 4.79 Å². The highest BCUT2D eigenvalue weighted by atomic mass is 16.2. The summed E-state index contributed by atoms with van der Waals surface area (Å²) < 4.78 is 2.13. The number of carbonyl (C=O) groups excluding carboxylic acids is 1. The minimum Gasteiger partial charge on any atom is -0.350 e. The number of hydrogen-bond acceptors (Lipinski definition) is 2. The molecular formula is C17H26N4O. The van der Waals surface area contributed by atoms with Crippen LogP contribution in [0.3, 0.4) is 0 Å². The van der Waals surface area contributed by atoms with Gasteiger partial charge in [-0.1, -0.05) is 18.2 Å². The number of carbonyl (C=O) groups is 1. The number of hydrogen-bond donors (Lipinski definition) is 2. The van der Waals surface area contributed by atoms with Crippen molar-refractivity contribution >= 4 is 16.9 Å². The molecule has 0 saturated carbocycles. The lowest BCUT2D eigenvalue weighted by Gasteiger charge is -2.25. The van der Waals surface area contributed by atoms with Crippen molar-refractivity contribution in [2.75, 3.05) is 20.6 Å². The van der Waals surface area contributed by atoms with Crippen LogP contribution in [0.15, 0.2) is 30.5 Å². The summed E-state index contributed by atoms with van der Waals surface area (Å²) in [5.74, 6) is 0. The molecule has 2 amide bonds. The summed E-state index contributed by atoms with van der Waals surface area (Å²) in [7, 11) is 6.13. The molecule has 0 fully saturated rings. The number of aryl methyl sites for hydroxylation is 1. The van der Waals surface area contributed by atoms with E-state index in [2.05, 4.69) is 51.5 Å². The van der Waals surface area contributed by atoms with E-state index in [1.54, 1.807) is 0 Å². The first-order valence-corrected chi connectivity index (χ1v) is 7.65. The molecule has 0 aliphatic carbocycles. The molecule has 5 heteroatoms. The van der Waals surface area contributed by atoms with Crippen LogP contribution in [-0.2, 0) is 7.05 Å². The van der Waals surface area contributed by atoms with Gasteiger partial charge in [-0.25, -0.2) is 4.79 Å². The minimum absolute atomic E-state index is 0.123. The van der Waals surface area contributed by atoms with Crippen molar-refractivity contribution in [3.8, 4) is 0 Å². The van der Waals surface area contributed by atoms with Gasteiger partial charge in [0.15, 0.2) is 0 Å². The molecule has 0 saturated heterocycles. The minimum atomic E-state index is -0.123. The maximum Gasteiger partial charge on any atom is 0.315 e. The molecule has 1 aromatic carbocycles. The molecule has 0 bridgehead atoms. The Morgan fingerprint density at radius 3 is 2.59 bits per heavy atom. The van der Waals surface area contributed by atoms with E-state index >= 15 is 0 Å². The van der Waals surface area contributed by atoms with Gasteiger partial charge < -0.3 is 20.1 Å². The lowest BCUT2D eigenvalue weighted by molar-refractivity contribution is 0.231. The van der Waals surface area contributed by atoms with Crippen molar-refractivity contribution in [3.05, 3.63) is 36.0 Å². The second-order valence-corrected chi connectivity index (χ2v) is 6.20. The topological polar surface area (TPSA) is 49.3 Å². The number of fused-ring (bicyclic) bond motifs is 1. The van der Waals surface area contributed by atoms with Gasteiger partial charge in [0.25, 0.3) is 0 Å². The predicted octanol–water partition coefficient (Wildman–Crippen LogP) is 2.49. The Morgan fingerprint density at radius 1 is 1.27 bits per heavy atom. The summed E-state index contributed by atoms with van der Waals surface area (Å²) in [4.78, 5) is 14.0. The van der Waals surface area contributed by atoms with Crippen molar-refractivity contribution in [1.82, 2.24) is 20.1 Å². The van der Waals surface area contributed by atoms with Gasteiger partial charge in [-0.05, 0) is 39.6 Å². The van der Waals surface area contributed by atoms with Gasteiger partial charge in [-0.2, -0.15) is 0 Å². The first-order valence-electron chi connectivity index (χ1n) is 7.65. The van der Waals surface area contributed by atoms with E-state index in [0.29, 0.717) is 6.54 Å². The van der Waals surface area contributed by atoms with E-state index in [9.17, 15) is 4.79 Å². The zero-order valence-electron chi connectivity index (χ0n) is 14.1. The van der Waals surface area contributed by atoms with Gasteiger partial charge in [-0.15, -0.1) is 0 Å². The van der Waals surface area contributed by atoms with Crippen LogP contribution in [0.25, 0.3) is 10.9 Å². The second kappa shape index (κ2) is 6.83. The smallest absolute Gasteiger partial charge is 0.315 e. The van der Waals surface area contributed by atoms with Gasteiger partial charge >= 0.3 is 6.03 Å². The standard InChI is InChI=1S/C17H26N4O/c1-12(2)19-17(22)18-10-16(20(3)4)14-11-21(5)15-9-7-6-8-13(14)15/h6-9,11-12,16H,10H2,1-5H3,(H2,18,19,22). The molecule has 120 valence electrons. The Labute approximate surface area is 132 Å². The predicted molar refractivity (Wildman–Crippen MR) is 91.0 cm³/mol. The number of benzene rings is 1. The Balaban J connectivity index is 2.22. The third kappa shape index (κ3) is 3.60. The lowest BCUT2D eigenvalue weighted by Crippen LogP contribution is -2.43. The monoisotopic (exact) mass is 302 g/mol. The number of nitrogens with one attached hydrogen (secondary N) is 2. The fourth-order valence-corrected chi connectivity index (χ4v) is 2.71. The molecule has 0 radical (unpaired) electrons. The Bertz CT molecular complexity index is 645. The summed E-state index contributed by atoms with van der Waals surface area (Å²) in [5.41, 5.74) is 2.43. The van der Waals surface area contributed by atoms with Gasteiger partial charge in [0.05, 0.1) is 6.04 Å². The van der Waals surface area contributed by atoms with E-state index in [-0.39, 0.29) is 18.1 Å². The van der Waals surface area contributed by atoms with Crippen LogP contribution >= 0.6 is 0 Å². The zero-order chi connectivity index (χ0) is 16.3. The molecule has 0 spiro atoms. The lowest BCUT2D eigenvalue weighted by atomic mass is 10.0. The highest BCUT2D eigenvalue weighted by Gasteiger charge is 2.19. The molecule has 22 heavy (non-hydrogen) atoms. The fraction of sp³-hybridized carbons (Fsp3) is 0.471. The second-order valence-electron chi connectivity index (χ2n) is 6.20. The third-order valence-electron chi connectivity index (χ3n) is 3.79. The number of para-hydroxylation sites is 1. The molecule has 0 aliphatic heterocycles. The van der Waals surface area contributed by atoms with Crippen molar-refractivity contribution in [3.63, 3.8) is 0 Å². The fourth-order valence-electron chi connectivity index (χ4n) is 2.71. The number of rotatable bonds is 5. The number of nitrogens with zero attached hydrogens (tertiary/aromatic N) is 2. The summed E-state index contributed by atoms with van der Waals surface area (Å²) in [5, 5.41) is 7.06. The van der Waals surface area contributed by atoms with Gasteiger partial charge in [0.1, 0.15) is 0 Å². The molecule has 1 heterocycles. The van der Waals surface area contributed by atoms with Crippen molar-refractivity contribution in [1.29, 1.82) is 0 Å². The molecule has 1 aromatic heterocycles. The SMILES string of the molecule is CC(C)NC(=O)NCC(c1cn(C)c2ccccc12)N(C)C. The van der Waals surface area contributed by atoms with Crippen LogP contribution in [-0.4, -0.2) is 42.2 Å². The largest absolute Gasteiger partial charge is 0.350 e. The Kier molecular flexibility index (Phi) is 5.08. The summed E-state index contributed by atoms with van der Waals surface area (Å²) in [6, 6.07) is 8.49. The first kappa shape index (κ1) is 16.4. The zero-order valence-corrected chi connectivity index (χ0v) is 14.1. The number of likely N-dealkylation sites (N-methyl/N-ethyl adjacent to an activating group) is 1. The highest BCUT2D eigenvalue weighted by molar-refractivity contribution is 5.84. The van der Waals surface area contributed by atoms with Crippen LogP contribution in [0, 0.1) is 0 Å². The van der Waals surface area contributed by atoms with Crippen molar-refractivity contribution < 1.29 is 4.79 Å². The highest BCUT2D eigenvalue weighted by Crippen LogP contribution is 2.28. The number of urea groups is 1. The summed E-state index contributed by atoms with van der Waals surface area (Å²) in [6.45, 7) is 4.47. The molecule has 2 N–H and O–H groups in total. The molecule has 5 nitrogen and oxygen atoms in total. The van der Waals surface area contributed by atoms with E-state index in [0.717, 1.165) is 0 Å². The number of amides is 2. The molecule has 1 atom stereocenters. The van der Waals surface area contributed by atoms with Gasteiger partial charge in [-0.3, -0.25) is 0 Å². The average Bonchev–Trinajstić information content (AvgIpc) is 2.76. The van der Waals surface area contributed by atoms with Crippen molar-refractivity contribution in [2.24, 2.45) is 7.05 Å². The maximum absolute atomic E-state index is 11.8. The molecular weight excluding hydrogens is 276 g/mol. The van der Waals surface area contributed by atoms with Crippen molar-refractivity contribution in [2.45, 2.75) is 25.9 Å².